The van der Waals surface area contributed by atoms with Crippen LogP contribution in [0, 0.1) is 0 Å². The molecule has 0 spiro atoms. The molecular weight excluding hydrogens is 290 g/mol. The average molecular weight is 309 g/mol. The number of benzene rings is 1. The molecule has 21 heavy (non-hydrogen) atoms. The smallest absolute Gasteiger partial charge is 0.240 e. The number of rotatable bonds is 7. The first-order valence-corrected chi connectivity index (χ1v) is 8.16. The molecule has 0 aliphatic rings. The minimum absolute atomic E-state index is 0.201. The Morgan fingerprint density at radius 2 is 2.24 bits per heavy atom. The van der Waals surface area contributed by atoms with Gasteiger partial charge in [0.05, 0.1) is 11.1 Å². The lowest BCUT2D eigenvalue weighted by Crippen LogP contribution is -2.26. The molecular formula is C13H19N5O2S. The first-order valence-electron chi connectivity index (χ1n) is 6.68. The molecule has 1 atom stereocenters. The Morgan fingerprint density at radius 3 is 2.90 bits per heavy atom. The highest BCUT2D eigenvalue weighted by Gasteiger charge is 2.14. The van der Waals surface area contributed by atoms with Gasteiger partial charge in [0, 0.05) is 25.3 Å². The van der Waals surface area contributed by atoms with E-state index in [-0.39, 0.29) is 10.9 Å². The van der Waals surface area contributed by atoms with Crippen LogP contribution in [0.15, 0.2) is 41.6 Å². The monoisotopic (exact) mass is 309 g/mol. The SMILES string of the molecule is CC(N)c1cccc(S(=O)(=O)NCCCn2ccnn2)c1. The van der Waals surface area contributed by atoms with E-state index >= 15 is 0 Å². The topological polar surface area (TPSA) is 103 Å². The Labute approximate surface area is 124 Å². The summed E-state index contributed by atoms with van der Waals surface area (Å²) >= 11 is 0. The maximum Gasteiger partial charge on any atom is 0.240 e. The van der Waals surface area contributed by atoms with Gasteiger partial charge in [-0.05, 0) is 31.0 Å². The first kappa shape index (κ1) is 15.6. The summed E-state index contributed by atoms with van der Waals surface area (Å²) in [5.41, 5.74) is 6.56. The molecule has 0 radical (unpaired) electrons. The Hall–Kier alpha value is -1.77. The fourth-order valence-electron chi connectivity index (χ4n) is 1.85. The Kier molecular flexibility index (Phi) is 5.05. The molecule has 0 amide bonds. The van der Waals surface area contributed by atoms with Crippen LogP contribution in [0.3, 0.4) is 0 Å². The summed E-state index contributed by atoms with van der Waals surface area (Å²) < 4.78 is 28.6. The molecule has 0 bridgehead atoms. The number of hydrogen-bond donors (Lipinski definition) is 2. The van der Waals surface area contributed by atoms with Gasteiger partial charge in [0.15, 0.2) is 0 Å². The predicted molar refractivity (Wildman–Crippen MR) is 78.9 cm³/mol. The van der Waals surface area contributed by atoms with Crippen molar-refractivity contribution in [2.45, 2.75) is 30.8 Å². The molecule has 0 saturated carbocycles. The number of hydrogen-bond acceptors (Lipinski definition) is 5. The first-order chi connectivity index (χ1) is 9.99. The number of nitrogens with two attached hydrogens (primary N) is 1. The maximum absolute atomic E-state index is 12.2. The Morgan fingerprint density at radius 1 is 1.43 bits per heavy atom. The Bertz CT molecular complexity index is 668. The van der Waals surface area contributed by atoms with Crippen molar-refractivity contribution in [1.82, 2.24) is 19.7 Å². The van der Waals surface area contributed by atoms with Gasteiger partial charge in [-0.3, -0.25) is 4.68 Å². The van der Waals surface area contributed by atoms with Gasteiger partial charge in [-0.2, -0.15) is 0 Å². The summed E-state index contributed by atoms with van der Waals surface area (Å²) in [6.07, 6.45) is 3.96. The van der Waals surface area contributed by atoms with E-state index in [1.807, 2.05) is 13.0 Å². The highest BCUT2D eigenvalue weighted by atomic mass is 32.2. The third-order valence-corrected chi connectivity index (χ3v) is 4.48. The summed E-state index contributed by atoms with van der Waals surface area (Å²) in [5, 5.41) is 7.50. The number of nitrogens with zero attached hydrogens (tertiary/aromatic N) is 3. The van der Waals surface area contributed by atoms with E-state index in [2.05, 4.69) is 15.0 Å². The molecule has 0 aliphatic carbocycles. The lowest BCUT2D eigenvalue weighted by atomic mass is 10.1. The number of sulfonamides is 1. The van der Waals surface area contributed by atoms with E-state index in [1.54, 1.807) is 35.3 Å². The summed E-state index contributed by atoms with van der Waals surface area (Å²) in [6, 6.07) is 6.47. The molecule has 0 saturated heterocycles. The number of nitrogens with one attached hydrogen (secondary N) is 1. The van der Waals surface area contributed by atoms with Crippen LogP contribution < -0.4 is 10.5 Å². The summed E-state index contributed by atoms with van der Waals surface area (Å²) in [7, 11) is -3.51. The molecule has 114 valence electrons. The molecule has 2 aromatic rings. The average Bonchev–Trinajstić information content (AvgIpc) is 2.97. The lowest BCUT2D eigenvalue weighted by Gasteiger charge is -2.10. The molecule has 0 fully saturated rings. The third-order valence-electron chi connectivity index (χ3n) is 3.02. The van der Waals surface area contributed by atoms with Crippen molar-refractivity contribution in [1.29, 1.82) is 0 Å². The molecule has 1 unspecified atom stereocenters. The van der Waals surface area contributed by atoms with Crippen molar-refractivity contribution < 1.29 is 8.42 Å². The van der Waals surface area contributed by atoms with Crippen molar-refractivity contribution in [3.8, 4) is 0 Å². The molecule has 1 heterocycles. The van der Waals surface area contributed by atoms with Crippen LogP contribution in [0.4, 0.5) is 0 Å². The van der Waals surface area contributed by atoms with Crippen LogP contribution >= 0.6 is 0 Å². The lowest BCUT2D eigenvalue weighted by molar-refractivity contribution is 0.542. The quantitative estimate of drug-likeness (QED) is 0.732. The minimum atomic E-state index is -3.51. The molecule has 2 rings (SSSR count). The van der Waals surface area contributed by atoms with E-state index in [0.29, 0.717) is 19.5 Å². The second kappa shape index (κ2) is 6.79. The van der Waals surface area contributed by atoms with E-state index in [0.717, 1.165) is 5.56 Å². The van der Waals surface area contributed by atoms with Crippen molar-refractivity contribution in [3.63, 3.8) is 0 Å². The van der Waals surface area contributed by atoms with Crippen LogP contribution in [0.1, 0.15) is 24.9 Å². The van der Waals surface area contributed by atoms with Gasteiger partial charge in [0.2, 0.25) is 10.0 Å². The second-order valence-corrected chi connectivity index (χ2v) is 6.55. The Balaban J connectivity index is 1.93. The van der Waals surface area contributed by atoms with Crippen molar-refractivity contribution in [2.75, 3.05) is 6.54 Å². The van der Waals surface area contributed by atoms with Crippen molar-refractivity contribution >= 4 is 10.0 Å². The van der Waals surface area contributed by atoms with Gasteiger partial charge in [0.1, 0.15) is 0 Å². The summed E-state index contributed by atoms with van der Waals surface area (Å²) in [4.78, 5) is 0.234. The molecule has 0 aliphatic heterocycles. The van der Waals surface area contributed by atoms with Gasteiger partial charge in [-0.15, -0.1) is 5.10 Å². The number of aromatic nitrogens is 3. The van der Waals surface area contributed by atoms with Gasteiger partial charge < -0.3 is 5.73 Å². The summed E-state index contributed by atoms with van der Waals surface area (Å²) in [6.45, 7) is 2.77. The normalized spacial score (nSPS) is 13.2. The van der Waals surface area contributed by atoms with Crippen LogP contribution in [0.5, 0.6) is 0 Å². The number of aryl methyl sites for hydroxylation is 1. The second-order valence-electron chi connectivity index (χ2n) is 4.78. The van der Waals surface area contributed by atoms with E-state index in [4.69, 9.17) is 5.73 Å². The molecule has 1 aromatic heterocycles. The highest BCUT2D eigenvalue weighted by Crippen LogP contribution is 2.15. The van der Waals surface area contributed by atoms with Gasteiger partial charge >= 0.3 is 0 Å². The van der Waals surface area contributed by atoms with Crippen molar-refractivity contribution in [2.24, 2.45) is 5.73 Å². The molecule has 3 N–H and O–H groups in total. The third kappa shape index (κ3) is 4.35. The summed E-state index contributed by atoms with van der Waals surface area (Å²) in [5.74, 6) is 0. The molecule has 8 heteroatoms. The van der Waals surface area contributed by atoms with Crippen LogP contribution in [-0.4, -0.2) is 30.0 Å². The zero-order valence-electron chi connectivity index (χ0n) is 11.8. The zero-order chi connectivity index (χ0) is 15.3. The zero-order valence-corrected chi connectivity index (χ0v) is 12.6. The highest BCUT2D eigenvalue weighted by molar-refractivity contribution is 7.89. The van der Waals surface area contributed by atoms with Crippen LogP contribution in [-0.2, 0) is 16.6 Å². The molecule has 1 aromatic carbocycles. The van der Waals surface area contributed by atoms with Gasteiger partial charge in [0.25, 0.3) is 0 Å². The van der Waals surface area contributed by atoms with E-state index in [9.17, 15) is 8.42 Å². The van der Waals surface area contributed by atoms with E-state index < -0.39 is 10.0 Å². The largest absolute Gasteiger partial charge is 0.324 e. The molecule has 7 nitrogen and oxygen atoms in total. The predicted octanol–water partition coefficient (Wildman–Crippen LogP) is 0.666. The van der Waals surface area contributed by atoms with Crippen LogP contribution in [0.25, 0.3) is 0 Å². The maximum atomic E-state index is 12.2. The fourth-order valence-corrected chi connectivity index (χ4v) is 2.98. The van der Waals surface area contributed by atoms with Gasteiger partial charge in [-0.1, -0.05) is 17.3 Å². The van der Waals surface area contributed by atoms with E-state index in [1.165, 1.54) is 0 Å². The standard InChI is InChI=1S/C13H19N5O2S/c1-11(14)12-4-2-5-13(10-12)21(19,20)16-6-3-8-18-9-7-15-17-18/h2,4-5,7,9-11,16H,3,6,8,14H2,1H3. The van der Waals surface area contributed by atoms with Crippen LogP contribution in [0.2, 0.25) is 0 Å². The fraction of sp³-hybridized carbons (Fsp3) is 0.385. The van der Waals surface area contributed by atoms with Gasteiger partial charge in [-0.25, -0.2) is 13.1 Å². The van der Waals surface area contributed by atoms with Crippen molar-refractivity contribution in [3.05, 3.63) is 42.2 Å². The minimum Gasteiger partial charge on any atom is -0.324 e.